The number of hydrogen-bond donors (Lipinski definition) is 1. The third-order valence-corrected chi connectivity index (χ3v) is 5.86. The lowest BCUT2D eigenvalue weighted by Crippen LogP contribution is -2.43. The standard InChI is InChI=1S/C19H30N2O6S/c1-6-21(28(5,23)24)16-12-19(2,3)27-17-8-7-14(11-15(16)17)26-13-18(22)20-9-10-25-4/h7-8,11,16H,6,9-10,12-13H2,1-5H3,(H,20,22). The summed E-state index contributed by atoms with van der Waals surface area (Å²) in [5.41, 5.74) is 0.239. The largest absolute Gasteiger partial charge is 0.487 e. The molecule has 1 amide bonds. The van der Waals surface area contributed by atoms with Crippen molar-refractivity contribution in [3.63, 3.8) is 0 Å². The fourth-order valence-electron chi connectivity index (χ4n) is 3.32. The Morgan fingerprint density at radius 1 is 1.39 bits per heavy atom. The summed E-state index contributed by atoms with van der Waals surface area (Å²) in [6.07, 6.45) is 1.73. The highest BCUT2D eigenvalue weighted by molar-refractivity contribution is 7.88. The second kappa shape index (κ2) is 9.11. The predicted octanol–water partition coefficient (Wildman–Crippen LogP) is 1.71. The first kappa shape index (κ1) is 22.4. The molecule has 9 heteroatoms. The summed E-state index contributed by atoms with van der Waals surface area (Å²) in [6, 6.07) is 4.87. The van der Waals surface area contributed by atoms with Crippen LogP contribution in [0.15, 0.2) is 18.2 Å². The lowest BCUT2D eigenvalue weighted by Gasteiger charge is -2.41. The molecule has 0 bridgehead atoms. The molecule has 0 spiro atoms. The molecule has 8 nitrogen and oxygen atoms in total. The lowest BCUT2D eigenvalue weighted by molar-refractivity contribution is -0.123. The van der Waals surface area contributed by atoms with Gasteiger partial charge in [0.15, 0.2) is 6.61 Å². The summed E-state index contributed by atoms with van der Waals surface area (Å²) in [4.78, 5) is 11.8. The van der Waals surface area contributed by atoms with Gasteiger partial charge in [0.2, 0.25) is 10.0 Å². The molecule has 1 N–H and O–H groups in total. The van der Waals surface area contributed by atoms with E-state index in [1.54, 1.807) is 25.3 Å². The summed E-state index contributed by atoms with van der Waals surface area (Å²) >= 11 is 0. The maximum absolute atomic E-state index is 12.3. The zero-order valence-electron chi connectivity index (χ0n) is 17.1. The minimum Gasteiger partial charge on any atom is -0.487 e. The Balaban J connectivity index is 2.23. The van der Waals surface area contributed by atoms with Crippen molar-refractivity contribution in [3.8, 4) is 11.5 Å². The van der Waals surface area contributed by atoms with Crippen LogP contribution in [0.5, 0.6) is 11.5 Å². The van der Waals surface area contributed by atoms with Gasteiger partial charge in [0, 0.05) is 32.2 Å². The number of carbonyl (C=O) groups excluding carboxylic acids is 1. The molecule has 0 saturated carbocycles. The van der Waals surface area contributed by atoms with Gasteiger partial charge in [-0.15, -0.1) is 0 Å². The van der Waals surface area contributed by atoms with Gasteiger partial charge in [-0.2, -0.15) is 4.31 Å². The quantitative estimate of drug-likeness (QED) is 0.618. The maximum atomic E-state index is 12.3. The average molecular weight is 415 g/mol. The van der Waals surface area contributed by atoms with E-state index >= 15 is 0 Å². The zero-order chi connectivity index (χ0) is 20.9. The van der Waals surface area contributed by atoms with E-state index in [-0.39, 0.29) is 18.6 Å². The zero-order valence-corrected chi connectivity index (χ0v) is 18.0. The molecule has 0 saturated heterocycles. The number of nitrogens with one attached hydrogen (secondary N) is 1. The molecule has 158 valence electrons. The first-order chi connectivity index (χ1) is 13.1. The summed E-state index contributed by atoms with van der Waals surface area (Å²) < 4.78 is 42.6. The van der Waals surface area contributed by atoms with Gasteiger partial charge in [-0.1, -0.05) is 6.92 Å². The normalized spacial score (nSPS) is 18.3. The molecule has 0 aromatic heterocycles. The fraction of sp³-hybridized carbons (Fsp3) is 0.632. The van der Waals surface area contributed by atoms with Crippen molar-refractivity contribution >= 4 is 15.9 Å². The molecule has 1 unspecified atom stereocenters. The number of methoxy groups -OCH3 is 1. The van der Waals surface area contributed by atoms with Gasteiger partial charge in [-0.05, 0) is 32.0 Å². The van der Waals surface area contributed by atoms with Crippen LogP contribution < -0.4 is 14.8 Å². The molecule has 1 aliphatic rings. The van der Waals surface area contributed by atoms with Gasteiger partial charge >= 0.3 is 0 Å². The van der Waals surface area contributed by atoms with Crippen LogP contribution in [0.2, 0.25) is 0 Å². The summed E-state index contributed by atoms with van der Waals surface area (Å²) in [6.45, 7) is 6.75. The predicted molar refractivity (Wildman–Crippen MR) is 106 cm³/mol. The van der Waals surface area contributed by atoms with Crippen molar-refractivity contribution in [2.45, 2.75) is 38.8 Å². The highest BCUT2D eigenvalue weighted by Crippen LogP contribution is 2.44. The van der Waals surface area contributed by atoms with Crippen LogP contribution in [0.25, 0.3) is 0 Å². The first-order valence-electron chi connectivity index (χ1n) is 9.25. The van der Waals surface area contributed by atoms with E-state index in [0.29, 0.717) is 37.6 Å². The van der Waals surface area contributed by atoms with Crippen LogP contribution in [0.1, 0.15) is 38.8 Å². The van der Waals surface area contributed by atoms with Crippen LogP contribution in [0.3, 0.4) is 0 Å². The van der Waals surface area contributed by atoms with Gasteiger partial charge in [0.05, 0.1) is 18.9 Å². The third kappa shape index (κ3) is 5.83. The van der Waals surface area contributed by atoms with Gasteiger partial charge in [0.25, 0.3) is 5.91 Å². The van der Waals surface area contributed by atoms with E-state index in [4.69, 9.17) is 14.2 Å². The van der Waals surface area contributed by atoms with E-state index in [1.165, 1.54) is 10.6 Å². The van der Waals surface area contributed by atoms with Gasteiger partial charge in [0.1, 0.15) is 17.1 Å². The van der Waals surface area contributed by atoms with Crippen LogP contribution in [0.4, 0.5) is 0 Å². The monoisotopic (exact) mass is 414 g/mol. The van der Waals surface area contributed by atoms with E-state index in [2.05, 4.69) is 5.32 Å². The molecular weight excluding hydrogens is 384 g/mol. The molecule has 2 rings (SSSR count). The summed E-state index contributed by atoms with van der Waals surface area (Å²) in [5, 5.41) is 2.68. The minimum atomic E-state index is -3.40. The van der Waals surface area contributed by atoms with Crippen molar-refractivity contribution in [1.29, 1.82) is 0 Å². The van der Waals surface area contributed by atoms with Crippen molar-refractivity contribution in [3.05, 3.63) is 23.8 Å². The number of hydrogen-bond acceptors (Lipinski definition) is 6. The Morgan fingerprint density at radius 2 is 2.11 bits per heavy atom. The number of nitrogens with zero attached hydrogens (tertiary/aromatic N) is 1. The van der Waals surface area contributed by atoms with E-state index in [0.717, 1.165) is 5.56 Å². The number of rotatable bonds is 9. The average Bonchev–Trinajstić information content (AvgIpc) is 2.59. The van der Waals surface area contributed by atoms with E-state index in [1.807, 2.05) is 20.8 Å². The third-order valence-electron chi connectivity index (χ3n) is 4.50. The van der Waals surface area contributed by atoms with Crippen LogP contribution in [0, 0.1) is 0 Å². The highest BCUT2D eigenvalue weighted by atomic mass is 32.2. The topological polar surface area (TPSA) is 94.2 Å². The van der Waals surface area contributed by atoms with Gasteiger partial charge in [-0.25, -0.2) is 8.42 Å². The molecule has 1 aromatic carbocycles. The first-order valence-corrected chi connectivity index (χ1v) is 11.1. The Morgan fingerprint density at radius 3 is 2.71 bits per heavy atom. The molecule has 1 aromatic rings. The number of ether oxygens (including phenoxy) is 3. The maximum Gasteiger partial charge on any atom is 0.258 e. The van der Waals surface area contributed by atoms with Crippen LogP contribution in [-0.2, 0) is 19.6 Å². The smallest absolute Gasteiger partial charge is 0.258 e. The number of sulfonamides is 1. The SMILES string of the molecule is CCN(C1CC(C)(C)Oc2ccc(OCC(=O)NCCOC)cc21)S(C)(=O)=O. The van der Waals surface area contributed by atoms with Crippen molar-refractivity contribution < 1.29 is 27.4 Å². The van der Waals surface area contributed by atoms with Gasteiger partial charge in [-0.3, -0.25) is 4.79 Å². The lowest BCUT2D eigenvalue weighted by atomic mass is 9.89. The van der Waals surface area contributed by atoms with E-state index < -0.39 is 15.6 Å². The molecule has 1 atom stereocenters. The fourth-order valence-corrected chi connectivity index (χ4v) is 4.44. The minimum absolute atomic E-state index is 0.136. The Bertz CT molecular complexity index is 794. The Hall–Kier alpha value is -1.84. The van der Waals surface area contributed by atoms with Crippen molar-refractivity contribution in [2.75, 3.05) is 39.7 Å². The molecule has 0 aliphatic carbocycles. The van der Waals surface area contributed by atoms with Crippen molar-refractivity contribution in [1.82, 2.24) is 9.62 Å². The Kier molecular flexibility index (Phi) is 7.30. The second-order valence-electron chi connectivity index (χ2n) is 7.38. The molecule has 1 heterocycles. The molecule has 1 aliphatic heterocycles. The van der Waals surface area contributed by atoms with E-state index in [9.17, 15) is 13.2 Å². The molecule has 28 heavy (non-hydrogen) atoms. The Labute approximate surface area is 167 Å². The van der Waals surface area contributed by atoms with Crippen molar-refractivity contribution in [2.24, 2.45) is 0 Å². The number of fused-ring (bicyclic) bond motifs is 1. The van der Waals surface area contributed by atoms with Gasteiger partial charge < -0.3 is 19.5 Å². The highest BCUT2D eigenvalue weighted by Gasteiger charge is 2.39. The summed E-state index contributed by atoms with van der Waals surface area (Å²) in [7, 11) is -1.84. The number of benzene rings is 1. The number of amides is 1. The van der Waals surface area contributed by atoms with Crippen LogP contribution in [-0.4, -0.2) is 63.9 Å². The summed E-state index contributed by atoms with van der Waals surface area (Å²) in [5.74, 6) is 0.855. The second-order valence-corrected chi connectivity index (χ2v) is 9.31. The molecule has 0 fully saturated rings. The number of carbonyl (C=O) groups is 1. The molecular formula is C19H30N2O6S. The molecule has 0 radical (unpaired) electrons. The van der Waals surface area contributed by atoms with Crippen LogP contribution >= 0.6 is 0 Å².